The second kappa shape index (κ2) is 8.08. The predicted octanol–water partition coefficient (Wildman–Crippen LogP) is 2.21. The van der Waals surface area contributed by atoms with Crippen molar-refractivity contribution in [2.45, 2.75) is 45.7 Å². The van der Waals surface area contributed by atoms with E-state index in [9.17, 15) is 9.59 Å². The number of likely N-dealkylation sites (tertiary alicyclic amines) is 1. The Hall–Kier alpha value is -2.08. The van der Waals surface area contributed by atoms with Crippen LogP contribution in [0.4, 0.5) is 4.79 Å². The number of urea groups is 1. The highest BCUT2D eigenvalue weighted by Crippen LogP contribution is 2.38. The van der Waals surface area contributed by atoms with Crippen LogP contribution in [0.1, 0.15) is 37.3 Å². The first-order chi connectivity index (χ1) is 12.5. The lowest BCUT2D eigenvalue weighted by molar-refractivity contribution is -0.162. The van der Waals surface area contributed by atoms with Gasteiger partial charge in [0.05, 0.1) is 6.61 Å². The zero-order valence-corrected chi connectivity index (χ0v) is 15.7. The van der Waals surface area contributed by atoms with Crippen molar-refractivity contribution >= 4 is 12.0 Å². The van der Waals surface area contributed by atoms with Crippen molar-refractivity contribution in [2.24, 2.45) is 5.41 Å². The molecule has 2 aliphatic rings. The molecule has 0 aromatic heterocycles. The molecule has 1 aromatic rings. The fourth-order valence-electron chi connectivity index (χ4n) is 4.07. The molecule has 0 saturated carbocycles. The molecule has 0 bridgehead atoms. The molecule has 2 aliphatic heterocycles. The van der Waals surface area contributed by atoms with Crippen molar-refractivity contribution in [2.75, 3.05) is 26.2 Å². The summed E-state index contributed by atoms with van der Waals surface area (Å²) in [7, 11) is 0. The molecule has 2 amide bonds. The highest BCUT2D eigenvalue weighted by molar-refractivity contribution is 5.81. The molecule has 2 fully saturated rings. The van der Waals surface area contributed by atoms with Crippen LogP contribution < -0.4 is 10.6 Å². The van der Waals surface area contributed by atoms with E-state index in [1.165, 1.54) is 5.56 Å². The maximum atomic E-state index is 12.7. The van der Waals surface area contributed by atoms with Crippen LogP contribution in [0.15, 0.2) is 24.3 Å². The van der Waals surface area contributed by atoms with Gasteiger partial charge in [-0.15, -0.1) is 0 Å². The van der Waals surface area contributed by atoms with Crippen molar-refractivity contribution in [3.05, 3.63) is 35.4 Å². The van der Waals surface area contributed by atoms with Crippen molar-refractivity contribution < 1.29 is 14.3 Å². The van der Waals surface area contributed by atoms with Crippen molar-refractivity contribution in [1.29, 1.82) is 0 Å². The molecular formula is C20H29N3O3. The number of hydrogen-bond donors (Lipinski definition) is 2. The van der Waals surface area contributed by atoms with Crippen LogP contribution in [-0.2, 0) is 16.1 Å². The number of fused-ring (bicyclic) bond motifs is 1. The van der Waals surface area contributed by atoms with Gasteiger partial charge in [-0.1, -0.05) is 29.8 Å². The number of amides is 2. The van der Waals surface area contributed by atoms with Crippen LogP contribution in [0, 0.1) is 12.3 Å². The van der Waals surface area contributed by atoms with E-state index >= 15 is 0 Å². The number of hydrogen-bond acceptors (Lipinski definition) is 4. The average molecular weight is 359 g/mol. The molecular weight excluding hydrogens is 330 g/mol. The number of piperidine rings is 2. The van der Waals surface area contributed by atoms with E-state index in [1.807, 2.05) is 38.1 Å². The van der Waals surface area contributed by atoms with Gasteiger partial charge in [-0.05, 0) is 45.2 Å². The summed E-state index contributed by atoms with van der Waals surface area (Å²) in [6.07, 6.45) is 2.47. The Bertz CT molecular complexity index is 646. The third-order valence-corrected chi connectivity index (χ3v) is 5.55. The quantitative estimate of drug-likeness (QED) is 0.809. The van der Waals surface area contributed by atoms with Crippen LogP contribution in [0.2, 0.25) is 0 Å². The lowest BCUT2D eigenvalue weighted by Crippen LogP contribution is -2.64. The van der Waals surface area contributed by atoms with Crippen LogP contribution >= 0.6 is 0 Å². The van der Waals surface area contributed by atoms with Crippen LogP contribution in [0.25, 0.3) is 0 Å². The molecule has 2 heterocycles. The minimum absolute atomic E-state index is 0.0939. The normalized spacial score (nSPS) is 25.3. The number of rotatable bonds is 4. The van der Waals surface area contributed by atoms with Gasteiger partial charge in [0, 0.05) is 25.7 Å². The van der Waals surface area contributed by atoms with Crippen molar-refractivity contribution in [1.82, 2.24) is 15.5 Å². The topological polar surface area (TPSA) is 70.7 Å². The van der Waals surface area contributed by atoms with Gasteiger partial charge in [-0.25, -0.2) is 4.79 Å². The van der Waals surface area contributed by atoms with E-state index in [0.717, 1.165) is 31.4 Å². The lowest BCUT2D eigenvalue weighted by Gasteiger charge is -2.49. The standard InChI is InChI=1S/C20H29N3O3/c1-3-26-18(24)20-10-4-11-21-17(20)9-12-23(14-20)19(25)22-13-16-7-5-15(2)6-8-16/h5-8,17,21H,3-4,9-14H2,1-2H3,(H,22,25)/t17-,20+/m0/s1. The molecule has 2 saturated heterocycles. The first-order valence-electron chi connectivity index (χ1n) is 9.54. The highest BCUT2D eigenvalue weighted by Gasteiger charge is 2.52. The zero-order chi connectivity index (χ0) is 18.6. The molecule has 0 aliphatic carbocycles. The Labute approximate surface area is 155 Å². The van der Waals surface area contributed by atoms with E-state index in [2.05, 4.69) is 10.6 Å². The Morgan fingerprint density at radius 3 is 2.85 bits per heavy atom. The third-order valence-electron chi connectivity index (χ3n) is 5.55. The van der Waals surface area contributed by atoms with Gasteiger partial charge in [0.15, 0.2) is 0 Å². The summed E-state index contributed by atoms with van der Waals surface area (Å²) < 4.78 is 5.37. The molecule has 142 valence electrons. The Morgan fingerprint density at radius 1 is 1.35 bits per heavy atom. The van der Waals surface area contributed by atoms with Gasteiger partial charge < -0.3 is 20.3 Å². The van der Waals surface area contributed by atoms with Gasteiger partial charge in [0.25, 0.3) is 0 Å². The Morgan fingerprint density at radius 2 is 2.12 bits per heavy atom. The molecule has 3 rings (SSSR count). The second-order valence-electron chi connectivity index (χ2n) is 7.34. The minimum Gasteiger partial charge on any atom is -0.465 e. The fourth-order valence-corrected chi connectivity index (χ4v) is 4.07. The third kappa shape index (κ3) is 3.85. The van der Waals surface area contributed by atoms with Gasteiger partial charge in [0.2, 0.25) is 0 Å². The number of esters is 1. The Kier molecular flexibility index (Phi) is 5.81. The molecule has 6 heteroatoms. The van der Waals surface area contributed by atoms with E-state index in [0.29, 0.717) is 26.2 Å². The lowest BCUT2D eigenvalue weighted by atomic mass is 9.70. The number of carbonyl (C=O) groups is 2. The van der Waals surface area contributed by atoms with Gasteiger partial charge in [0.1, 0.15) is 5.41 Å². The predicted molar refractivity (Wildman–Crippen MR) is 99.7 cm³/mol. The summed E-state index contributed by atoms with van der Waals surface area (Å²) >= 11 is 0. The smallest absolute Gasteiger partial charge is 0.317 e. The van der Waals surface area contributed by atoms with E-state index in [4.69, 9.17) is 4.74 Å². The molecule has 6 nitrogen and oxygen atoms in total. The summed E-state index contributed by atoms with van der Waals surface area (Å²) in [5, 5.41) is 6.45. The van der Waals surface area contributed by atoms with Crippen LogP contribution in [0.5, 0.6) is 0 Å². The summed E-state index contributed by atoms with van der Waals surface area (Å²) in [6.45, 7) is 6.72. The first kappa shape index (κ1) is 18.7. The van der Waals surface area contributed by atoms with E-state index < -0.39 is 5.41 Å². The zero-order valence-electron chi connectivity index (χ0n) is 15.7. The highest BCUT2D eigenvalue weighted by atomic mass is 16.5. The largest absolute Gasteiger partial charge is 0.465 e. The number of ether oxygens (including phenoxy) is 1. The maximum Gasteiger partial charge on any atom is 0.317 e. The summed E-state index contributed by atoms with van der Waals surface area (Å²) in [4.78, 5) is 27.2. The number of nitrogens with one attached hydrogen (secondary N) is 2. The number of nitrogens with zero attached hydrogens (tertiary/aromatic N) is 1. The maximum absolute atomic E-state index is 12.7. The number of aryl methyl sites for hydroxylation is 1. The second-order valence-corrected chi connectivity index (χ2v) is 7.34. The van der Waals surface area contributed by atoms with Crippen molar-refractivity contribution in [3.8, 4) is 0 Å². The monoisotopic (exact) mass is 359 g/mol. The molecule has 2 N–H and O–H groups in total. The van der Waals surface area contributed by atoms with Gasteiger partial charge >= 0.3 is 12.0 Å². The SMILES string of the molecule is CCOC(=O)[C@@]12CCCN[C@H]1CCN(C(=O)NCc1ccc(C)cc1)C2. The summed E-state index contributed by atoms with van der Waals surface area (Å²) in [6, 6.07) is 8.10. The van der Waals surface area contributed by atoms with Crippen LogP contribution in [0.3, 0.4) is 0 Å². The van der Waals surface area contributed by atoms with Crippen LogP contribution in [-0.4, -0.2) is 49.2 Å². The molecule has 2 atom stereocenters. The van der Waals surface area contributed by atoms with Gasteiger partial charge in [-0.3, -0.25) is 4.79 Å². The van der Waals surface area contributed by atoms with Gasteiger partial charge in [-0.2, -0.15) is 0 Å². The van der Waals surface area contributed by atoms with Crippen molar-refractivity contribution in [3.63, 3.8) is 0 Å². The van der Waals surface area contributed by atoms with E-state index in [1.54, 1.807) is 4.90 Å². The molecule has 1 aromatic carbocycles. The van der Waals surface area contributed by atoms with E-state index in [-0.39, 0.29) is 18.0 Å². The number of benzene rings is 1. The Balaban J connectivity index is 1.65. The molecule has 0 spiro atoms. The summed E-state index contributed by atoms with van der Waals surface area (Å²) in [5.41, 5.74) is 1.65. The molecule has 0 unspecified atom stereocenters. The minimum atomic E-state index is -0.617. The first-order valence-corrected chi connectivity index (χ1v) is 9.54. The molecule has 0 radical (unpaired) electrons. The fraction of sp³-hybridized carbons (Fsp3) is 0.600. The summed E-state index contributed by atoms with van der Waals surface area (Å²) in [5.74, 6) is -0.173. The number of carbonyl (C=O) groups excluding carboxylic acids is 2. The average Bonchev–Trinajstić information content (AvgIpc) is 2.67. The molecule has 26 heavy (non-hydrogen) atoms.